The Morgan fingerprint density at radius 3 is 2.59 bits per heavy atom. The molecule has 2 aliphatic rings. The van der Waals surface area contributed by atoms with Crippen LogP contribution in [0.3, 0.4) is 0 Å². The summed E-state index contributed by atoms with van der Waals surface area (Å²) >= 11 is 6.34. The van der Waals surface area contributed by atoms with Crippen LogP contribution in [0.1, 0.15) is 10.4 Å². The quantitative estimate of drug-likeness (QED) is 0.592. The minimum Gasteiger partial charge on any atom is -0.495 e. The van der Waals surface area contributed by atoms with Gasteiger partial charge in [-0.05, 0) is 43.4 Å². The fourth-order valence-electron chi connectivity index (χ4n) is 4.05. The first-order valence-electron chi connectivity index (χ1n) is 11.0. The van der Waals surface area contributed by atoms with Crippen LogP contribution in [0.2, 0.25) is 5.02 Å². The Morgan fingerprint density at radius 2 is 1.85 bits per heavy atom. The van der Waals surface area contributed by atoms with Gasteiger partial charge in [-0.2, -0.15) is 4.98 Å². The van der Waals surface area contributed by atoms with E-state index < -0.39 is 0 Å². The van der Waals surface area contributed by atoms with Gasteiger partial charge in [0.15, 0.2) is 6.73 Å². The second kappa shape index (κ2) is 9.36. The molecule has 3 heterocycles. The minimum absolute atomic E-state index is 0.0396. The third kappa shape index (κ3) is 4.32. The normalized spacial score (nSPS) is 16.1. The van der Waals surface area contributed by atoms with Gasteiger partial charge in [0, 0.05) is 43.8 Å². The lowest BCUT2D eigenvalue weighted by molar-refractivity contribution is 0.0931. The van der Waals surface area contributed by atoms with E-state index in [0.29, 0.717) is 22.4 Å². The zero-order valence-corrected chi connectivity index (χ0v) is 19.7. The number of nitrogens with zero attached hydrogens (tertiary/aromatic N) is 5. The molecule has 176 valence electrons. The summed E-state index contributed by atoms with van der Waals surface area (Å²) in [5, 5.41) is 3.57. The van der Waals surface area contributed by atoms with Crippen molar-refractivity contribution in [3.63, 3.8) is 0 Å². The number of fused-ring (bicyclic) bond motifs is 1. The lowest BCUT2D eigenvalue weighted by Crippen LogP contribution is -2.44. The third-order valence-electron chi connectivity index (χ3n) is 5.99. The highest BCUT2D eigenvalue weighted by Gasteiger charge is 2.32. The second-order valence-corrected chi connectivity index (χ2v) is 8.58. The zero-order valence-electron chi connectivity index (χ0n) is 19.0. The third-order valence-corrected chi connectivity index (χ3v) is 6.30. The van der Waals surface area contributed by atoms with Crippen LogP contribution in [0.15, 0.2) is 48.7 Å². The minimum atomic E-state index is -0.310. The molecule has 0 spiro atoms. The van der Waals surface area contributed by atoms with Crippen LogP contribution < -0.4 is 24.6 Å². The first-order valence-corrected chi connectivity index (χ1v) is 11.4. The van der Waals surface area contributed by atoms with Crippen molar-refractivity contribution in [2.24, 2.45) is 0 Å². The molecule has 1 fully saturated rings. The highest BCUT2D eigenvalue weighted by Crippen LogP contribution is 2.38. The van der Waals surface area contributed by atoms with Gasteiger partial charge in [-0.3, -0.25) is 9.69 Å². The van der Waals surface area contributed by atoms with Gasteiger partial charge in [0.25, 0.3) is 5.91 Å². The van der Waals surface area contributed by atoms with Crippen LogP contribution in [0.4, 0.5) is 23.0 Å². The monoisotopic (exact) mass is 480 g/mol. The summed E-state index contributed by atoms with van der Waals surface area (Å²) in [7, 11) is 3.67. The first kappa shape index (κ1) is 22.2. The number of para-hydroxylation sites is 1. The van der Waals surface area contributed by atoms with Crippen LogP contribution in [0.5, 0.6) is 11.6 Å². The Morgan fingerprint density at radius 1 is 1.09 bits per heavy atom. The molecule has 0 aliphatic carbocycles. The number of ether oxygens (including phenoxy) is 2. The number of aromatic nitrogens is 2. The maximum absolute atomic E-state index is 13.1. The van der Waals surface area contributed by atoms with Crippen LogP contribution >= 0.6 is 11.6 Å². The van der Waals surface area contributed by atoms with E-state index in [-0.39, 0.29) is 24.1 Å². The number of halogens is 1. The van der Waals surface area contributed by atoms with Gasteiger partial charge in [-0.15, -0.1) is 0 Å². The largest absolute Gasteiger partial charge is 0.495 e. The van der Waals surface area contributed by atoms with Gasteiger partial charge in [0.05, 0.1) is 12.1 Å². The number of piperazine rings is 1. The van der Waals surface area contributed by atoms with Crippen LogP contribution in [0.25, 0.3) is 0 Å². The van der Waals surface area contributed by atoms with E-state index in [9.17, 15) is 4.79 Å². The molecule has 0 atom stereocenters. The van der Waals surface area contributed by atoms with Gasteiger partial charge in [-0.1, -0.05) is 17.7 Å². The molecule has 2 aliphatic heterocycles. The zero-order chi connectivity index (χ0) is 23.7. The molecule has 3 aromatic rings. The number of likely N-dealkylation sites (N-methyl/N-ethyl adjacent to an activating group) is 1. The number of carbonyl (C=O) groups excluding carboxylic acids is 1. The highest BCUT2D eigenvalue weighted by atomic mass is 35.5. The molecular weight excluding hydrogens is 456 g/mol. The van der Waals surface area contributed by atoms with Crippen molar-refractivity contribution in [3.05, 3.63) is 59.2 Å². The van der Waals surface area contributed by atoms with Crippen molar-refractivity contribution in [2.75, 3.05) is 62.2 Å². The molecule has 2 aromatic carbocycles. The number of benzene rings is 2. The Kier molecular flexibility index (Phi) is 6.12. The first-order chi connectivity index (χ1) is 16.5. The van der Waals surface area contributed by atoms with Gasteiger partial charge in [0.2, 0.25) is 11.8 Å². The van der Waals surface area contributed by atoms with Crippen LogP contribution in [-0.4, -0.2) is 67.8 Å². The molecule has 0 bridgehead atoms. The average molecular weight is 481 g/mol. The number of nitrogens with one attached hydrogen (secondary N) is 1. The number of hydrogen-bond donors (Lipinski definition) is 1. The molecule has 0 unspecified atom stereocenters. The lowest BCUT2D eigenvalue weighted by atomic mass is 10.2. The predicted octanol–water partition coefficient (Wildman–Crippen LogP) is 3.63. The summed E-state index contributed by atoms with van der Waals surface area (Å²) in [6, 6.07) is 13.3. The van der Waals surface area contributed by atoms with E-state index >= 15 is 0 Å². The number of amides is 1. The Labute approximate surface area is 202 Å². The molecule has 34 heavy (non-hydrogen) atoms. The Hall–Kier alpha value is -3.56. The van der Waals surface area contributed by atoms with E-state index in [2.05, 4.69) is 44.3 Å². The van der Waals surface area contributed by atoms with Crippen LogP contribution in [0, 0.1) is 0 Å². The van der Waals surface area contributed by atoms with E-state index in [1.54, 1.807) is 18.2 Å². The molecular formula is C24H25ClN6O3. The molecule has 10 heteroatoms. The smallest absolute Gasteiger partial charge is 0.268 e. The van der Waals surface area contributed by atoms with Crippen molar-refractivity contribution in [3.8, 4) is 11.6 Å². The van der Waals surface area contributed by atoms with Gasteiger partial charge >= 0.3 is 0 Å². The highest BCUT2D eigenvalue weighted by molar-refractivity contribution is 6.34. The fourth-order valence-corrected chi connectivity index (χ4v) is 4.32. The summed E-state index contributed by atoms with van der Waals surface area (Å²) in [5.74, 6) is 0.740. The standard InChI is InChI=1S/C24H25ClN6O3/c1-29-10-12-30(13-11-29)17-8-6-16(7-9-17)27-24-26-14-18-22(28-24)34-15-31(23(18)32)21-19(25)4-3-5-20(21)33-2/h3-9,14H,10-13,15H2,1-2H3,(H,26,27,28). The number of methoxy groups -OCH3 is 1. The molecule has 1 aromatic heterocycles. The summed E-state index contributed by atoms with van der Waals surface area (Å²) in [6.45, 7) is 4.10. The molecule has 1 N–H and O–H groups in total. The average Bonchev–Trinajstić information content (AvgIpc) is 2.85. The van der Waals surface area contributed by atoms with E-state index in [4.69, 9.17) is 21.1 Å². The lowest BCUT2D eigenvalue weighted by Gasteiger charge is -2.34. The van der Waals surface area contributed by atoms with Crippen molar-refractivity contribution >= 4 is 40.5 Å². The van der Waals surface area contributed by atoms with Crippen LogP contribution in [-0.2, 0) is 0 Å². The van der Waals surface area contributed by atoms with E-state index in [1.807, 2.05) is 12.1 Å². The summed E-state index contributed by atoms with van der Waals surface area (Å²) in [6.07, 6.45) is 1.46. The molecule has 1 saturated heterocycles. The van der Waals surface area contributed by atoms with Gasteiger partial charge in [-0.25, -0.2) is 4.98 Å². The van der Waals surface area contributed by atoms with Crippen molar-refractivity contribution in [2.45, 2.75) is 0 Å². The number of rotatable bonds is 5. The Balaban J connectivity index is 1.31. The molecule has 9 nitrogen and oxygen atoms in total. The van der Waals surface area contributed by atoms with Crippen molar-refractivity contribution in [1.82, 2.24) is 14.9 Å². The molecule has 0 saturated carbocycles. The summed E-state index contributed by atoms with van der Waals surface area (Å²) in [5.41, 5.74) is 2.74. The maximum Gasteiger partial charge on any atom is 0.268 e. The van der Waals surface area contributed by atoms with Gasteiger partial charge in [0.1, 0.15) is 17.0 Å². The second-order valence-electron chi connectivity index (χ2n) is 8.17. The number of anilines is 4. The number of carbonyl (C=O) groups is 1. The van der Waals surface area contributed by atoms with Gasteiger partial charge < -0.3 is 24.6 Å². The van der Waals surface area contributed by atoms with Crippen molar-refractivity contribution < 1.29 is 14.3 Å². The Bertz CT molecular complexity index is 1200. The summed E-state index contributed by atoms with van der Waals surface area (Å²) < 4.78 is 11.2. The van der Waals surface area contributed by atoms with Crippen molar-refractivity contribution in [1.29, 1.82) is 0 Å². The SMILES string of the molecule is COc1cccc(Cl)c1N1COc2nc(Nc3ccc(N4CCN(C)CC4)cc3)ncc2C1=O. The molecule has 0 radical (unpaired) electrons. The van der Waals surface area contributed by atoms with E-state index in [0.717, 1.165) is 31.9 Å². The maximum atomic E-state index is 13.1. The fraction of sp³-hybridized carbons (Fsp3) is 0.292. The predicted molar refractivity (Wildman–Crippen MR) is 132 cm³/mol. The topological polar surface area (TPSA) is 83.1 Å². The molecule has 1 amide bonds. The summed E-state index contributed by atoms with van der Waals surface area (Å²) in [4.78, 5) is 28.0. The number of hydrogen-bond acceptors (Lipinski definition) is 8. The van der Waals surface area contributed by atoms with E-state index in [1.165, 1.54) is 23.9 Å². The molecule has 5 rings (SSSR count).